The first-order valence-electron chi connectivity index (χ1n) is 11.1. The number of thioether (sulfide) groups is 1. The summed E-state index contributed by atoms with van der Waals surface area (Å²) in [6.07, 6.45) is 2.23. The van der Waals surface area contributed by atoms with Crippen molar-refractivity contribution < 1.29 is 14.3 Å². The number of methoxy groups -OCH3 is 1. The molecule has 1 fully saturated rings. The number of aromatic nitrogens is 2. The Labute approximate surface area is 206 Å². The number of hydrazone groups is 1. The summed E-state index contributed by atoms with van der Waals surface area (Å²) in [7, 11) is 1.65. The van der Waals surface area contributed by atoms with Gasteiger partial charge in [0.05, 0.1) is 42.7 Å². The fraction of sp³-hybridized carbons (Fsp3) is 0.333. The van der Waals surface area contributed by atoms with Crippen LogP contribution in [0.2, 0.25) is 0 Å². The number of morpholine rings is 1. The lowest BCUT2D eigenvalue weighted by Gasteiger charge is -2.27. The standard InChI is InChI=1S/C24H25N5O3S2/c1-31-18-6-4-17(5-7-18)20-13-19(21-3-2-12-33-21)27-29(20)24(30)15-34-23-14-22(25-16-26-23)28-8-10-32-11-9-28/h2-7,12,14,16,20H,8-11,13,15H2,1H3. The minimum absolute atomic E-state index is 0.0519. The molecule has 1 amide bonds. The van der Waals surface area contributed by atoms with Crippen LogP contribution in [0, 0.1) is 0 Å². The van der Waals surface area contributed by atoms with E-state index >= 15 is 0 Å². The van der Waals surface area contributed by atoms with Gasteiger partial charge in [0.1, 0.15) is 22.9 Å². The third-order valence-electron chi connectivity index (χ3n) is 5.78. The van der Waals surface area contributed by atoms with Crippen molar-refractivity contribution in [3.63, 3.8) is 0 Å². The van der Waals surface area contributed by atoms with Gasteiger partial charge >= 0.3 is 0 Å². The molecule has 1 atom stereocenters. The predicted molar refractivity (Wildman–Crippen MR) is 134 cm³/mol. The number of carbonyl (C=O) groups is 1. The maximum absolute atomic E-state index is 13.3. The average Bonchev–Trinajstić information content (AvgIpc) is 3.59. The van der Waals surface area contributed by atoms with E-state index in [9.17, 15) is 4.79 Å². The molecular formula is C24H25N5O3S2. The van der Waals surface area contributed by atoms with Crippen LogP contribution in [0.3, 0.4) is 0 Å². The Hall–Kier alpha value is -2.95. The second-order valence-corrected chi connectivity index (χ2v) is 9.80. The first-order chi connectivity index (χ1) is 16.7. The molecule has 0 bridgehead atoms. The average molecular weight is 496 g/mol. The quantitative estimate of drug-likeness (QED) is 0.364. The van der Waals surface area contributed by atoms with E-state index in [-0.39, 0.29) is 17.7 Å². The molecule has 176 valence electrons. The summed E-state index contributed by atoms with van der Waals surface area (Å²) < 4.78 is 10.7. The van der Waals surface area contributed by atoms with Crippen LogP contribution in [0.5, 0.6) is 5.75 Å². The normalized spacial score (nSPS) is 18.1. The van der Waals surface area contributed by atoms with Crippen LogP contribution >= 0.6 is 23.1 Å². The zero-order chi connectivity index (χ0) is 23.3. The molecule has 4 heterocycles. The van der Waals surface area contributed by atoms with E-state index < -0.39 is 0 Å². The minimum Gasteiger partial charge on any atom is -0.497 e. The highest BCUT2D eigenvalue weighted by atomic mass is 32.2. The molecule has 0 spiro atoms. The van der Waals surface area contributed by atoms with Crippen LogP contribution in [-0.2, 0) is 9.53 Å². The molecule has 34 heavy (non-hydrogen) atoms. The zero-order valence-electron chi connectivity index (χ0n) is 18.8. The lowest BCUT2D eigenvalue weighted by atomic mass is 10.0. The number of ether oxygens (including phenoxy) is 2. The summed E-state index contributed by atoms with van der Waals surface area (Å²) in [6, 6.07) is 13.7. The van der Waals surface area contributed by atoms with Crippen molar-refractivity contribution >= 4 is 40.5 Å². The molecule has 0 saturated carbocycles. The summed E-state index contributed by atoms with van der Waals surface area (Å²) in [5.74, 6) is 1.84. The number of hydrogen-bond donors (Lipinski definition) is 0. The fourth-order valence-electron chi connectivity index (χ4n) is 3.99. The van der Waals surface area contributed by atoms with Crippen molar-refractivity contribution in [2.75, 3.05) is 44.1 Å². The summed E-state index contributed by atoms with van der Waals surface area (Å²) in [5.41, 5.74) is 1.97. The third kappa shape index (κ3) is 5.08. The molecular weight excluding hydrogens is 470 g/mol. The lowest BCUT2D eigenvalue weighted by molar-refractivity contribution is -0.130. The second kappa shape index (κ2) is 10.5. The monoisotopic (exact) mass is 495 g/mol. The van der Waals surface area contributed by atoms with Crippen LogP contribution in [0.25, 0.3) is 0 Å². The van der Waals surface area contributed by atoms with Gasteiger partial charge in [0.25, 0.3) is 5.91 Å². The Bertz CT molecular complexity index is 1150. The van der Waals surface area contributed by atoms with Crippen molar-refractivity contribution in [3.05, 3.63) is 64.6 Å². The van der Waals surface area contributed by atoms with Crippen molar-refractivity contribution in [2.24, 2.45) is 5.10 Å². The van der Waals surface area contributed by atoms with E-state index in [4.69, 9.17) is 14.6 Å². The Morgan fingerprint density at radius 1 is 1.21 bits per heavy atom. The molecule has 8 nitrogen and oxygen atoms in total. The number of benzene rings is 1. The molecule has 3 aromatic rings. The summed E-state index contributed by atoms with van der Waals surface area (Å²) in [6.45, 7) is 2.99. The van der Waals surface area contributed by atoms with Crippen molar-refractivity contribution in [1.29, 1.82) is 0 Å². The molecule has 1 saturated heterocycles. The number of nitrogens with zero attached hydrogens (tertiary/aromatic N) is 5. The van der Waals surface area contributed by atoms with Gasteiger partial charge in [-0.2, -0.15) is 5.10 Å². The molecule has 1 unspecified atom stereocenters. The Morgan fingerprint density at radius 2 is 2.03 bits per heavy atom. The number of anilines is 1. The number of carbonyl (C=O) groups excluding carboxylic acids is 1. The van der Waals surface area contributed by atoms with Crippen molar-refractivity contribution in [2.45, 2.75) is 17.5 Å². The van der Waals surface area contributed by atoms with Crippen molar-refractivity contribution in [1.82, 2.24) is 15.0 Å². The maximum atomic E-state index is 13.3. The van der Waals surface area contributed by atoms with Gasteiger partial charge in [0, 0.05) is 25.6 Å². The predicted octanol–water partition coefficient (Wildman–Crippen LogP) is 3.85. The van der Waals surface area contributed by atoms with Gasteiger partial charge in [-0.3, -0.25) is 4.79 Å². The SMILES string of the molecule is COc1ccc(C2CC(c3cccs3)=NN2C(=O)CSc2cc(N3CCOCC3)ncn2)cc1. The first kappa shape index (κ1) is 22.8. The molecule has 0 radical (unpaired) electrons. The van der Waals surface area contributed by atoms with Gasteiger partial charge in [-0.15, -0.1) is 11.3 Å². The topological polar surface area (TPSA) is 80.2 Å². The van der Waals surface area contributed by atoms with Crippen molar-refractivity contribution in [3.8, 4) is 5.75 Å². The number of thiophene rings is 1. The number of amides is 1. The van der Waals surface area contributed by atoms with Gasteiger partial charge in [0.2, 0.25) is 0 Å². The third-order valence-corrected chi connectivity index (χ3v) is 7.61. The van der Waals surface area contributed by atoms with Crippen LogP contribution in [-0.4, -0.2) is 65.8 Å². The molecule has 5 rings (SSSR count). The molecule has 2 aliphatic rings. The number of hydrogen-bond acceptors (Lipinski definition) is 9. The van der Waals surface area contributed by atoms with E-state index in [2.05, 4.69) is 14.9 Å². The van der Waals surface area contributed by atoms with Crippen LogP contribution in [0.1, 0.15) is 22.9 Å². The number of rotatable bonds is 7. The van der Waals surface area contributed by atoms with E-state index in [1.165, 1.54) is 11.8 Å². The smallest absolute Gasteiger partial charge is 0.253 e. The molecule has 2 aliphatic heterocycles. The largest absolute Gasteiger partial charge is 0.497 e. The van der Waals surface area contributed by atoms with Crippen LogP contribution in [0.4, 0.5) is 5.82 Å². The minimum atomic E-state index is -0.148. The van der Waals surface area contributed by atoms with Gasteiger partial charge in [0.15, 0.2) is 0 Å². The molecule has 10 heteroatoms. The highest BCUT2D eigenvalue weighted by Crippen LogP contribution is 2.35. The first-order valence-corrected chi connectivity index (χ1v) is 12.9. The van der Waals surface area contributed by atoms with Gasteiger partial charge in [-0.05, 0) is 29.1 Å². The summed E-state index contributed by atoms with van der Waals surface area (Å²) >= 11 is 3.05. The van der Waals surface area contributed by atoms with Gasteiger partial charge < -0.3 is 14.4 Å². The maximum Gasteiger partial charge on any atom is 0.253 e. The highest BCUT2D eigenvalue weighted by Gasteiger charge is 2.33. The Morgan fingerprint density at radius 3 is 2.76 bits per heavy atom. The van der Waals surface area contributed by atoms with E-state index in [0.717, 1.165) is 45.8 Å². The summed E-state index contributed by atoms with van der Waals surface area (Å²) in [5, 5.41) is 9.18. The fourth-order valence-corrected chi connectivity index (χ4v) is 5.43. The van der Waals surface area contributed by atoms with E-state index in [1.807, 2.05) is 47.8 Å². The van der Waals surface area contributed by atoms with Crippen LogP contribution < -0.4 is 9.64 Å². The second-order valence-electron chi connectivity index (χ2n) is 7.86. The Balaban J connectivity index is 1.31. The van der Waals surface area contributed by atoms with Gasteiger partial charge in [-0.25, -0.2) is 15.0 Å². The molecule has 1 aromatic carbocycles. The van der Waals surface area contributed by atoms with Gasteiger partial charge in [-0.1, -0.05) is 30.0 Å². The zero-order valence-corrected chi connectivity index (χ0v) is 20.4. The van der Waals surface area contributed by atoms with E-state index in [1.54, 1.807) is 29.8 Å². The highest BCUT2D eigenvalue weighted by molar-refractivity contribution is 7.99. The molecule has 0 N–H and O–H groups in total. The Kier molecular flexibility index (Phi) is 7.08. The van der Waals surface area contributed by atoms with Crippen LogP contribution in [0.15, 0.2) is 64.3 Å². The summed E-state index contributed by atoms with van der Waals surface area (Å²) in [4.78, 5) is 25.4. The lowest BCUT2D eigenvalue weighted by Crippen LogP contribution is -2.36. The molecule has 2 aromatic heterocycles. The molecule has 0 aliphatic carbocycles. The van der Waals surface area contributed by atoms with E-state index in [0.29, 0.717) is 19.6 Å².